The van der Waals surface area contributed by atoms with Crippen molar-refractivity contribution in [2.45, 2.75) is 57.9 Å². The summed E-state index contributed by atoms with van der Waals surface area (Å²) in [4.78, 5) is 0. The fourth-order valence-electron chi connectivity index (χ4n) is 3.51. The predicted octanol–water partition coefficient (Wildman–Crippen LogP) is 2.94. The second-order valence-corrected chi connectivity index (χ2v) is 5.07. The largest absolute Gasteiger partial charge is 0.327 e. The van der Waals surface area contributed by atoms with Crippen LogP contribution in [0.3, 0.4) is 0 Å². The third-order valence-corrected chi connectivity index (χ3v) is 4.30. The average Bonchev–Trinajstić information content (AvgIpc) is 2.69. The van der Waals surface area contributed by atoms with Crippen molar-refractivity contribution in [2.75, 3.05) is 0 Å². The lowest BCUT2D eigenvalue weighted by molar-refractivity contribution is 0.266. The molecule has 0 aromatic carbocycles. The number of nitrogens with two attached hydrogens (primary N) is 1. The first-order valence-electron chi connectivity index (χ1n) is 6.08. The van der Waals surface area contributed by atoms with Crippen LogP contribution in [0, 0.1) is 17.8 Å². The summed E-state index contributed by atoms with van der Waals surface area (Å²) in [5.74, 6) is 2.80. The Morgan fingerprint density at radius 1 is 1.15 bits per heavy atom. The molecule has 0 spiro atoms. The molecule has 0 amide bonds. The van der Waals surface area contributed by atoms with Crippen LogP contribution in [0.2, 0.25) is 0 Å². The maximum atomic E-state index is 6.25. The van der Waals surface area contributed by atoms with Crippen LogP contribution >= 0.6 is 0 Å². The molecule has 0 aromatic heterocycles. The molecule has 13 heavy (non-hydrogen) atoms. The van der Waals surface area contributed by atoms with Gasteiger partial charge in [0, 0.05) is 6.04 Å². The quantitative estimate of drug-likeness (QED) is 0.663. The molecule has 2 bridgehead atoms. The molecule has 2 rings (SSSR count). The molecule has 0 radical (unpaired) electrons. The lowest BCUT2D eigenvalue weighted by Crippen LogP contribution is -2.35. The van der Waals surface area contributed by atoms with Crippen LogP contribution in [-0.4, -0.2) is 6.04 Å². The van der Waals surface area contributed by atoms with Crippen molar-refractivity contribution < 1.29 is 0 Å². The molecule has 2 aliphatic rings. The molecule has 2 saturated carbocycles. The highest BCUT2D eigenvalue weighted by atomic mass is 14.7. The van der Waals surface area contributed by atoms with Gasteiger partial charge in [0.25, 0.3) is 0 Å². The lowest BCUT2D eigenvalue weighted by Gasteiger charge is -2.27. The highest BCUT2D eigenvalue weighted by Gasteiger charge is 2.44. The third kappa shape index (κ3) is 1.76. The summed E-state index contributed by atoms with van der Waals surface area (Å²) in [6.07, 6.45) is 9.94. The number of rotatable bonds is 4. The van der Waals surface area contributed by atoms with E-state index >= 15 is 0 Å². The zero-order chi connectivity index (χ0) is 9.26. The number of hydrogen-bond donors (Lipinski definition) is 1. The van der Waals surface area contributed by atoms with E-state index in [4.69, 9.17) is 5.73 Å². The predicted molar refractivity (Wildman–Crippen MR) is 56.4 cm³/mol. The maximum Gasteiger partial charge on any atom is 0.00983 e. The van der Waals surface area contributed by atoms with Gasteiger partial charge in [-0.3, -0.25) is 0 Å². The van der Waals surface area contributed by atoms with Crippen LogP contribution in [0.4, 0.5) is 0 Å². The second kappa shape index (κ2) is 4.00. The van der Waals surface area contributed by atoms with Gasteiger partial charge in [-0.1, -0.05) is 26.2 Å². The summed E-state index contributed by atoms with van der Waals surface area (Å²) in [5, 5.41) is 0. The topological polar surface area (TPSA) is 26.0 Å². The Morgan fingerprint density at radius 3 is 2.54 bits per heavy atom. The van der Waals surface area contributed by atoms with Crippen molar-refractivity contribution in [3.63, 3.8) is 0 Å². The molecule has 0 heterocycles. The van der Waals surface area contributed by atoms with E-state index < -0.39 is 0 Å². The Hall–Kier alpha value is -0.0400. The van der Waals surface area contributed by atoms with E-state index in [9.17, 15) is 0 Å². The van der Waals surface area contributed by atoms with Gasteiger partial charge in [-0.15, -0.1) is 0 Å². The molecule has 4 atom stereocenters. The van der Waals surface area contributed by atoms with E-state index in [1.165, 1.54) is 44.9 Å². The summed E-state index contributed by atoms with van der Waals surface area (Å²) < 4.78 is 0. The molecular weight excluding hydrogens is 158 g/mol. The number of fused-ring (bicyclic) bond motifs is 2. The van der Waals surface area contributed by atoms with E-state index in [1.54, 1.807) is 0 Å². The lowest BCUT2D eigenvalue weighted by atomic mass is 9.82. The van der Waals surface area contributed by atoms with Crippen LogP contribution in [0.15, 0.2) is 0 Å². The average molecular weight is 181 g/mol. The monoisotopic (exact) mass is 181 g/mol. The first-order valence-corrected chi connectivity index (χ1v) is 6.08. The molecule has 76 valence electrons. The third-order valence-electron chi connectivity index (χ3n) is 4.30. The van der Waals surface area contributed by atoms with E-state index in [-0.39, 0.29) is 0 Å². The van der Waals surface area contributed by atoms with Gasteiger partial charge in [-0.05, 0) is 43.4 Å². The SMILES string of the molecule is CCCCCC1C2CCC(C2)C1N. The smallest absolute Gasteiger partial charge is 0.00983 e. The number of hydrogen-bond acceptors (Lipinski definition) is 1. The normalized spacial score (nSPS) is 42.9. The Bertz CT molecular complexity index is 165. The van der Waals surface area contributed by atoms with Crippen LogP contribution in [0.5, 0.6) is 0 Å². The fourth-order valence-corrected chi connectivity index (χ4v) is 3.51. The second-order valence-electron chi connectivity index (χ2n) is 5.07. The van der Waals surface area contributed by atoms with Crippen LogP contribution < -0.4 is 5.73 Å². The molecule has 1 nitrogen and oxygen atoms in total. The summed E-state index contributed by atoms with van der Waals surface area (Å²) in [5.41, 5.74) is 6.25. The molecule has 1 heteroatoms. The first kappa shape index (κ1) is 9.51. The van der Waals surface area contributed by atoms with Gasteiger partial charge in [0.1, 0.15) is 0 Å². The van der Waals surface area contributed by atoms with E-state index in [0.29, 0.717) is 6.04 Å². The van der Waals surface area contributed by atoms with Crippen molar-refractivity contribution >= 4 is 0 Å². The van der Waals surface area contributed by atoms with Gasteiger partial charge in [0.05, 0.1) is 0 Å². The molecular formula is C12H23N. The first-order chi connectivity index (χ1) is 6.33. The van der Waals surface area contributed by atoms with Gasteiger partial charge < -0.3 is 5.73 Å². The Labute approximate surface area is 82.1 Å². The van der Waals surface area contributed by atoms with Gasteiger partial charge in [-0.25, -0.2) is 0 Å². The minimum atomic E-state index is 0.565. The molecule has 4 unspecified atom stereocenters. The van der Waals surface area contributed by atoms with Crippen LogP contribution in [-0.2, 0) is 0 Å². The molecule has 2 N–H and O–H groups in total. The zero-order valence-corrected chi connectivity index (χ0v) is 8.84. The van der Waals surface area contributed by atoms with Crippen molar-refractivity contribution in [2.24, 2.45) is 23.5 Å². The maximum absolute atomic E-state index is 6.25. The number of unbranched alkanes of at least 4 members (excludes halogenated alkanes) is 2. The minimum Gasteiger partial charge on any atom is -0.327 e. The van der Waals surface area contributed by atoms with Crippen LogP contribution in [0.25, 0.3) is 0 Å². The summed E-state index contributed by atoms with van der Waals surface area (Å²) in [6.45, 7) is 2.28. The van der Waals surface area contributed by atoms with E-state index in [0.717, 1.165) is 17.8 Å². The van der Waals surface area contributed by atoms with Crippen molar-refractivity contribution in [1.82, 2.24) is 0 Å². The van der Waals surface area contributed by atoms with Gasteiger partial charge >= 0.3 is 0 Å². The molecule has 0 aromatic rings. The highest BCUT2D eigenvalue weighted by Crippen LogP contribution is 2.49. The van der Waals surface area contributed by atoms with Gasteiger partial charge in [0.2, 0.25) is 0 Å². The summed E-state index contributed by atoms with van der Waals surface area (Å²) in [7, 11) is 0. The fraction of sp³-hybridized carbons (Fsp3) is 1.00. The molecule has 0 saturated heterocycles. The summed E-state index contributed by atoms with van der Waals surface area (Å²) in [6, 6.07) is 0.565. The highest BCUT2D eigenvalue weighted by molar-refractivity contribution is 4.98. The van der Waals surface area contributed by atoms with Gasteiger partial charge in [-0.2, -0.15) is 0 Å². The van der Waals surface area contributed by atoms with Crippen molar-refractivity contribution in [3.8, 4) is 0 Å². The zero-order valence-electron chi connectivity index (χ0n) is 8.84. The Balaban J connectivity index is 1.79. The Morgan fingerprint density at radius 2 is 1.92 bits per heavy atom. The van der Waals surface area contributed by atoms with E-state index in [2.05, 4.69) is 6.92 Å². The summed E-state index contributed by atoms with van der Waals surface area (Å²) >= 11 is 0. The Kier molecular flexibility index (Phi) is 2.92. The molecule has 2 fully saturated rings. The van der Waals surface area contributed by atoms with Crippen LogP contribution in [0.1, 0.15) is 51.9 Å². The van der Waals surface area contributed by atoms with Crippen molar-refractivity contribution in [1.29, 1.82) is 0 Å². The molecule has 0 aliphatic heterocycles. The van der Waals surface area contributed by atoms with Gasteiger partial charge in [0.15, 0.2) is 0 Å². The standard InChI is InChI=1S/C12H23N/c1-2-3-4-5-11-9-6-7-10(8-9)12(11)13/h9-12H,2-8,13H2,1H3. The van der Waals surface area contributed by atoms with Crippen molar-refractivity contribution in [3.05, 3.63) is 0 Å². The molecule has 2 aliphatic carbocycles. The minimum absolute atomic E-state index is 0.565. The van der Waals surface area contributed by atoms with E-state index in [1.807, 2.05) is 0 Å².